The van der Waals surface area contributed by atoms with Crippen molar-refractivity contribution in [3.8, 4) is 0 Å². The Balaban J connectivity index is 2.07. The maximum Gasteiger partial charge on any atom is 0.251 e. The van der Waals surface area contributed by atoms with E-state index in [1.165, 1.54) is 9.75 Å². The van der Waals surface area contributed by atoms with Crippen molar-refractivity contribution >= 4 is 23.2 Å². The van der Waals surface area contributed by atoms with Crippen molar-refractivity contribution in [3.63, 3.8) is 0 Å². The summed E-state index contributed by atoms with van der Waals surface area (Å²) in [5.74, 6) is -0.398. The molecule has 1 heterocycles. The molecule has 2 amide bonds. The molecule has 4 nitrogen and oxygen atoms in total. The van der Waals surface area contributed by atoms with E-state index >= 15 is 0 Å². The molecule has 0 aliphatic carbocycles. The molecule has 0 saturated carbocycles. The van der Waals surface area contributed by atoms with Gasteiger partial charge in [-0.15, -0.1) is 11.3 Å². The maximum atomic E-state index is 12.7. The highest BCUT2D eigenvalue weighted by atomic mass is 32.1. The number of carbonyl (C=O) groups excluding carboxylic acids is 2. The van der Waals surface area contributed by atoms with Gasteiger partial charge in [0.1, 0.15) is 6.04 Å². The normalized spacial score (nSPS) is 13.4. The molecular weight excluding hydrogens is 332 g/mol. The molecule has 0 fully saturated rings. The van der Waals surface area contributed by atoms with Gasteiger partial charge >= 0.3 is 0 Å². The Hall–Kier alpha value is -2.14. The number of benzene rings is 1. The lowest BCUT2D eigenvalue weighted by molar-refractivity contribution is -0.124. The first-order valence-electron chi connectivity index (χ1n) is 8.52. The minimum absolute atomic E-state index is 0.00910. The van der Waals surface area contributed by atoms with E-state index in [1.807, 2.05) is 39.0 Å². The first-order valence-corrected chi connectivity index (χ1v) is 9.34. The van der Waals surface area contributed by atoms with Gasteiger partial charge < -0.3 is 10.6 Å². The van der Waals surface area contributed by atoms with Gasteiger partial charge in [0.2, 0.25) is 5.91 Å². The van der Waals surface area contributed by atoms with Crippen molar-refractivity contribution in [3.05, 3.63) is 57.3 Å². The highest BCUT2D eigenvalue weighted by Crippen LogP contribution is 2.26. The third-order valence-corrected chi connectivity index (χ3v) is 5.16. The number of hydrogen-bond donors (Lipinski definition) is 2. The van der Waals surface area contributed by atoms with Crippen molar-refractivity contribution in [2.24, 2.45) is 5.92 Å². The first-order chi connectivity index (χ1) is 11.8. The molecule has 0 aliphatic heterocycles. The fourth-order valence-electron chi connectivity index (χ4n) is 2.81. The van der Waals surface area contributed by atoms with Gasteiger partial charge in [-0.05, 0) is 50.5 Å². The second-order valence-electron chi connectivity index (χ2n) is 6.66. The fourth-order valence-corrected chi connectivity index (χ4v) is 3.83. The Labute approximate surface area is 153 Å². The minimum atomic E-state index is -0.574. The minimum Gasteiger partial charge on any atom is -0.348 e. The molecular formula is C20H26N2O2S. The highest BCUT2D eigenvalue weighted by Gasteiger charge is 2.26. The quantitative estimate of drug-likeness (QED) is 0.820. The van der Waals surface area contributed by atoms with E-state index in [9.17, 15) is 9.59 Å². The van der Waals surface area contributed by atoms with Crippen LogP contribution in [-0.2, 0) is 4.79 Å². The number of aryl methyl sites for hydroxylation is 2. The number of rotatable bonds is 6. The van der Waals surface area contributed by atoms with Gasteiger partial charge in [-0.1, -0.05) is 32.0 Å². The summed E-state index contributed by atoms with van der Waals surface area (Å²) >= 11 is 1.73. The Morgan fingerprint density at radius 2 is 1.64 bits per heavy atom. The molecule has 0 saturated heterocycles. The van der Waals surface area contributed by atoms with Crippen LogP contribution in [0.5, 0.6) is 0 Å². The summed E-state index contributed by atoms with van der Waals surface area (Å²) < 4.78 is 0. The lowest BCUT2D eigenvalue weighted by Gasteiger charge is -2.24. The Morgan fingerprint density at radius 3 is 2.16 bits per heavy atom. The summed E-state index contributed by atoms with van der Waals surface area (Å²) in [4.78, 5) is 27.6. The van der Waals surface area contributed by atoms with E-state index in [4.69, 9.17) is 0 Å². The zero-order valence-corrected chi connectivity index (χ0v) is 16.2. The average molecular weight is 359 g/mol. The van der Waals surface area contributed by atoms with Crippen LogP contribution in [0.3, 0.4) is 0 Å². The van der Waals surface area contributed by atoms with Gasteiger partial charge in [0.25, 0.3) is 5.91 Å². The largest absolute Gasteiger partial charge is 0.348 e. The first kappa shape index (κ1) is 19.2. The Kier molecular flexibility index (Phi) is 6.37. The van der Waals surface area contributed by atoms with Crippen LogP contribution in [-0.4, -0.2) is 17.9 Å². The topological polar surface area (TPSA) is 58.2 Å². The number of amides is 2. The standard InChI is InChI=1S/C20H26N2O2S/c1-12(2)18(22-19(23)16-9-7-6-8-10-16)20(24)21-14(4)17-11-13(3)25-15(17)5/h6-12,14,18H,1-5H3,(H,21,24)(H,22,23)/t14-,18-/m1/s1. The molecule has 0 bridgehead atoms. The summed E-state index contributed by atoms with van der Waals surface area (Å²) in [6.07, 6.45) is 0. The van der Waals surface area contributed by atoms with Crippen LogP contribution in [0.1, 0.15) is 52.5 Å². The molecule has 1 aromatic heterocycles. The van der Waals surface area contributed by atoms with Crippen LogP contribution in [0.4, 0.5) is 0 Å². The van der Waals surface area contributed by atoms with Crippen molar-refractivity contribution in [1.29, 1.82) is 0 Å². The van der Waals surface area contributed by atoms with Gasteiger partial charge in [0.15, 0.2) is 0 Å². The highest BCUT2D eigenvalue weighted by molar-refractivity contribution is 7.12. The van der Waals surface area contributed by atoms with Gasteiger partial charge in [0.05, 0.1) is 6.04 Å². The summed E-state index contributed by atoms with van der Waals surface area (Å²) in [5, 5.41) is 5.90. The molecule has 2 N–H and O–H groups in total. The summed E-state index contributed by atoms with van der Waals surface area (Å²) in [6.45, 7) is 9.96. The molecule has 5 heteroatoms. The van der Waals surface area contributed by atoms with E-state index in [-0.39, 0.29) is 23.8 Å². The predicted molar refractivity (Wildman–Crippen MR) is 103 cm³/mol. The molecule has 134 valence electrons. The lowest BCUT2D eigenvalue weighted by atomic mass is 10.0. The van der Waals surface area contributed by atoms with Crippen LogP contribution < -0.4 is 10.6 Å². The second-order valence-corrected chi connectivity index (χ2v) is 8.12. The number of carbonyl (C=O) groups is 2. The molecule has 1 aromatic carbocycles. The Bertz CT molecular complexity index is 737. The smallest absolute Gasteiger partial charge is 0.251 e. The summed E-state index contributed by atoms with van der Waals surface area (Å²) in [7, 11) is 0. The van der Waals surface area contributed by atoms with Crippen LogP contribution in [0.2, 0.25) is 0 Å². The van der Waals surface area contributed by atoms with E-state index < -0.39 is 6.04 Å². The molecule has 25 heavy (non-hydrogen) atoms. The molecule has 0 spiro atoms. The molecule has 2 atom stereocenters. The molecule has 2 aromatic rings. The lowest BCUT2D eigenvalue weighted by Crippen LogP contribution is -2.50. The monoisotopic (exact) mass is 358 g/mol. The van der Waals surface area contributed by atoms with E-state index in [1.54, 1.807) is 23.5 Å². The van der Waals surface area contributed by atoms with Crippen molar-refractivity contribution in [2.75, 3.05) is 0 Å². The second kappa shape index (κ2) is 8.30. The van der Waals surface area contributed by atoms with E-state index in [0.717, 1.165) is 5.56 Å². The van der Waals surface area contributed by atoms with Crippen LogP contribution >= 0.6 is 11.3 Å². The van der Waals surface area contributed by atoms with E-state index in [2.05, 4.69) is 30.5 Å². The molecule has 2 rings (SSSR count). The van der Waals surface area contributed by atoms with Crippen molar-refractivity contribution < 1.29 is 9.59 Å². The van der Waals surface area contributed by atoms with Gasteiger partial charge in [-0.25, -0.2) is 0 Å². The number of nitrogens with one attached hydrogen (secondary N) is 2. The van der Waals surface area contributed by atoms with Crippen LogP contribution in [0.25, 0.3) is 0 Å². The van der Waals surface area contributed by atoms with E-state index in [0.29, 0.717) is 5.56 Å². The maximum absolute atomic E-state index is 12.7. The number of thiophene rings is 1. The van der Waals surface area contributed by atoms with Gasteiger partial charge in [-0.2, -0.15) is 0 Å². The summed E-state index contributed by atoms with van der Waals surface area (Å²) in [5.41, 5.74) is 1.69. The molecule has 0 aliphatic rings. The van der Waals surface area contributed by atoms with Gasteiger partial charge in [0, 0.05) is 15.3 Å². The van der Waals surface area contributed by atoms with Crippen LogP contribution in [0.15, 0.2) is 36.4 Å². The van der Waals surface area contributed by atoms with Crippen LogP contribution in [0, 0.1) is 19.8 Å². The molecule has 0 unspecified atom stereocenters. The SMILES string of the molecule is Cc1cc([C@@H](C)NC(=O)[C@H](NC(=O)c2ccccc2)C(C)C)c(C)s1. The summed E-state index contributed by atoms with van der Waals surface area (Å²) in [6, 6.07) is 10.4. The Morgan fingerprint density at radius 1 is 1.00 bits per heavy atom. The zero-order chi connectivity index (χ0) is 18.6. The third kappa shape index (κ3) is 4.92. The fraction of sp³-hybridized carbons (Fsp3) is 0.400. The molecule has 0 radical (unpaired) electrons. The third-order valence-electron chi connectivity index (χ3n) is 4.18. The van der Waals surface area contributed by atoms with Crippen molar-refractivity contribution in [2.45, 2.75) is 46.7 Å². The zero-order valence-electron chi connectivity index (χ0n) is 15.4. The van der Waals surface area contributed by atoms with Gasteiger partial charge in [-0.3, -0.25) is 9.59 Å². The average Bonchev–Trinajstić information content (AvgIpc) is 2.91. The number of hydrogen-bond acceptors (Lipinski definition) is 3. The van der Waals surface area contributed by atoms with Crippen molar-refractivity contribution in [1.82, 2.24) is 10.6 Å². The predicted octanol–water partition coefficient (Wildman–Crippen LogP) is 4.00.